The highest BCUT2D eigenvalue weighted by Crippen LogP contribution is 2.36. The Hall–Kier alpha value is -2.17. The number of nitrogens with two attached hydrogens (primary N) is 1. The van der Waals surface area contributed by atoms with Gasteiger partial charge in [-0.1, -0.05) is 0 Å². The van der Waals surface area contributed by atoms with Gasteiger partial charge in [-0.15, -0.1) is 13.2 Å². The summed E-state index contributed by atoms with van der Waals surface area (Å²) in [7, 11) is 1.21. The fraction of sp³-hybridized carbons (Fsp3) is 0.250. The molecule has 86 valence electrons. The van der Waals surface area contributed by atoms with E-state index in [1.165, 1.54) is 13.2 Å². The number of hydrogen-bond donors (Lipinski definition) is 1. The average Bonchev–Trinajstić information content (AvgIpc) is 2.19. The predicted octanol–water partition coefficient (Wildman–Crippen LogP) is 1.44. The van der Waals surface area contributed by atoms with Crippen molar-refractivity contribution in [2.45, 2.75) is 6.36 Å². The minimum Gasteiger partial charge on any atom is -0.493 e. The van der Waals surface area contributed by atoms with E-state index in [1.807, 2.05) is 0 Å². The van der Waals surface area contributed by atoms with Crippen molar-refractivity contribution in [2.75, 3.05) is 12.8 Å². The number of halogens is 3. The Balaban J connectivity index is 3.28. The molecule has 0 aliphatic carbocycles. The Morgan fingerprint density at radius 1 is 1.50 bits per heavy atom. The molecule has 0 fully saturated rings. The van der Waals surface area contributed by atoms with Crippen LogP contribution >= 0.6 is 0 Å². The number of pyridine rings is 1. The minimum absolute atomic E-state index is 0.0988. The van der Waals surface area contributed by atoms with Gasteiger partial charge < -0.3 is 15.2 Å². The first-order valence-corrected chi connectivity index (χ1v) is 3.87. The van der Waals surface area contributed by atoms with Gasteiger partial charge in [-0.05, 0) is 0 Å². The van der Waals surface area contributed by atoms with Crippen molar-refractivity contribution in [1.29, 1.82) is 5.26 Å². The van der Waals surface area contributed by atoms with Crippen molar-refractivity contribution in [3.05, 3.63) is 11.9 Å². The van der Waals surface area contributed by atoms with Crippen LogP contribution in [-0.4, -0.2) is 18.5 Å². The van der Waals surface area contributed by atoms with Gasteiger partial charge in [-0.3, -0.25) is 0 Å². The predicted molar refractivity (Wildman–Crippen MR) is 46.6 cm³/mol. The van der Waals surface area contributed by atoms with E-state index < -0.39 is 23.5 Å². The summed E-state index contributed by atoms with van der Waals surface area (Å²) in [6.07, 6.45) is -3.91. The summed E-state index contributed by atoms with van der Waals surface area (Å²) in [6, 6.07) is 1.44. The monoisotopic (exact) mass is 233 g/mol. The molecule has 5 nitrogen and oxygen atoms in total. The van der Waals surface area contributed by atoms with Crippen molar-refractivity contribution >= 4 is 5.69 Å². The number of aromatic nitrogens is 1. The lowest BCUT2D eigenvalue weighted by atomic mass is 10.3. The Labute approximate surface area is 88.2 Å². The Morgan fingerprint density at radius 3 is 2.56 bits per heavy atom. The van der Waals surface area contributed by atoms with Gasteiger partial charge in [0.15, 0.2) is 17.2 Å². The molecule has 0 aliphatic rings. The molecule has 0 aliphatic heterocycles. The van der Waals surface area contributed by atoms with Crippen LogP contribution in [0.3, 0.4) is 0 Å². The lowest BCUT2D eigenvalue weighted by molar-refractivity contribution is -0.274. The smallest absolute Gasteiger partial charge is 0.493 e. The van der Waals surface area contributed by atoms with Crippen molar-refractivity contribution in [1.82, 2.24) is 4.98 Å². The van der Waals surface area contributed by atoms with Gasteiger partial charge >= 0.3 is 6.36 Å². The largest absolute Gasteiger partial charge is 0.573 e. The number of nitrogens with zero attached hydrogens (tertiary/aromatic N) is 2. The lowest BCUT2D eigenvalue weighted by Gasteiger charge is -2.13. The molecule has 0 radical (unpaired) electrons. The standard InChI is InChI=1S/C8H6F3N3O2/c1-15-5-3-14-4(2-12)7(6(5)13)16-8(9,10)11/h3H,1H3,(H2,13,14). The van der Waals surface area contributed by atoms with Crippen molar-refractivity contribution < 1.29 is 22.6 Å². The highest BCUT2D eigenvalue weighted by molar-refractivity contribution is 5.65. The van der Waals surface area contributed by atoms with Crippen LogP contribution in [0.4, 0.5) is 18.9 Å². The SMILES string of the molecule is COc1cnc(C#N)c(OC(F)(F)F)c1N. The second-order valence-corrected chi connectivity index (χ2v) is 2.58. The third kappa shape index (κ3) is 2.44. The molecule has 0 unspecified atom stereocenters. The first kappa shape index (κ1) is 11.9. The number of nitrogen functional groups attached to an aromatic ring is 1. The van der Waals surface area contributed by atoms with Crippen molar-refractivity contribution in [3.63, 3.8) is 0 Å². The first-order chi connectivity index (χ1) is 7.39. The summed E-state index contributed by atoms with van der Waals surface area (Å²) in [5.74, 6) is -0.951. The highest BCUT2D eigenvalue weighted by atomic mass is 19.4. The number of hydrogen-bond acceptors (Lipinski definition) is 5. The molecule has 1 aromatic heterocycles. The molecular formula is C8H6F3N3O2. The topological polar surface area (TPSA) is 81.2 Å². The maximum atomic E-state index is 12.0. The summed E-state index contributed by atoms with van der Waals surface area (Å²) in [4.78, 5) is 3.42. The van der Waals surface area contributed by atoms with Crippen molar-refractivity contribution in [3.8, 4) is 17.6 Å². The van der Waals surface area contributed by atoms with Gasteiger partial charge in [0.2, 0.25) is 0 Å². The van der Waals surface area contributed by atoms with E-state index in [0.29, 0.717) is 0 Å². The summed E-state index contributed by atoms with van der Waals surface area (Å²) < 4.78 is 44.3. The maximum absolute atomic E-state index is 12.0. The van der Waals surface area contributed by atoms with E-state index in [9.17, 15) is 13.2 Å². The fourth-order valence-electron chi connectivity index (χ4n) is 0.952. The number of nitriles is 1. The van der Waals surface area contributed by atoms with Crippen LogP contribution < -0.4 is 15.2 Å². The van der Waals surface area contributed by atoms with Gasteiger partial charge in [0.25, 0.3) is 0 Å². The summed E-state index contributed by atoms with van der Waals surface area (Å²) in [6.45, 7) is 0. The lowest BCUT2D eigenvalue weighted by Crippen LogP contribution is -2.19. The molecule has 0 bridgehead atoms. The molecule has 1 aromatic rings. The highest BCUT2D eigenvalue weighted by Gasteiger charge is 2.34. The second kappa shape index (κ2) is 4.14. The summed E-state index contributed by atoms with van der Waals surface area (Å²) >= 11 is 0. The zero-order chi connectivity index (χ0) is 12.3. The van der Waals surface area contributed by atoms with Crippen LogP contribution in [0.15, 0.2) is 6.20 Å². The van der Waals surface area contributed by atoms with Crippen LogP contribution in [0, 0.1) is 11.3 Å². The number of ether oxygens (including phenoxy) is 2. The van der Waals surface area contributed by atoms with Gasteiger partial charge in [0.1, 0.15) is 11.8 Å². The summed E-state index contributed by atoms with van der Waals surface area (Å²) in [5.41, 5.74) is 4.35. The normalized spacial score (nSPS) is 10.7. The van der Waals surface area contributed by atoms with Crippen LogP contribution in [0.5, 0.6) is 11.5 Å². The Morgan fingerprint density at radius 2 is 2.12 bits per heavy atom. The van der Waals surface area contributed by atoms with E-state index in [4.69, 9.17) is 11.0 Å². The molecule has 0 atom stereocenters. The minimum atomic E-state index is -4.95. The quantitative estimate of drug-likeness (QED) is 0.835. The van der Waals surface area contributed by atoms with Gasteiger partial charge in [0.05, 0.1) is 13.3 Å². The van der Waals surface area contributed by atoms with E-state index in [2.05, 4.69) is 14.5 Å². The second-order valence-electron chi connectivity index (χ2n) is 2.58. The third-order valence-corrected chi connectivity index (χ3v) is 1.58. The molecule has 0 spiro atoms. The van der Waals surface area contributed by atoms with E-state index in [0.717, 1.165) is 6.20 Å². The Kier molecular flexibility index (Phi) is 3.08. The number of methoxy groups -OCH3 is 1. The molecule has 16 heavy (non-hydrogen) atoms. The molecule has 0 amide bonds. The number of rotatable bonds is 2. The average molecular weight is 233 g/mol. The van der Waals surface area contributed by atoms with Gasteiger partial charge in [-0.2, -0.15) is 5.26 Å². The molecule has 0 saturated carbocycles. The number of alkyl halides is 3. The van der Waals surface area contributed by atoms with Gasteiger partial charge in [0, 0.05) is 0 Å². The number of anilines is 1. The first-order valence-electron chi connectivity index (χ1n) is 3.87. The molecule has 1 heterocycles. The molecule has 2 N–H and O–H groups in total. The van der Waals surface area contributed by atoms with Crippen LogP contribution in [0.2, 0.25) is 0 Å². The van der Waals surface area contributed by atoms with E-state index >= 15 is 0 Å². The van der Waals surface area contributed by atoms with Crippen LogP contribution in [0.25, 0.3) is 0 Å². The molecule has 0 aromatic carbocycles. The van der Waals surface area contributed by atoms with E-state index in [1.54, 1.807) is 0 Å². The van der Waals surface area contributed by atoms with Crippen molar-refractivity contribution in [2.24, 2.45) is 0 Å². The fourth-order valence-corrected chi connectivity index (χ4v) is 0.952. The van der Waals surface area contributed by atoms with Crippen LogP contribution in [0.1, 0.15) is 5.69 Å². The molecule has 1 rings (SSSR count). The zero-order valence-electron chi connectivity index (χ0n) is 8.00. The Bertz CT molecular complexity index is 439. The molecule has 0 saturated heterocycles. The summed E-state index contributed by atoms with van der Waals surface area (Å²) in [5, 5.41) is 8.55. The zero-order valence-corrected chi connectivity index (χ0v) is 8.00. The third-order valence-electron chi connectivity index (χ3n) is 1.58. The molecule has 8 heteroatoms. The maximum Gasteiger partial charge on any atom is 0.573 e. The van der Waals surface area contributed by atoms with Gasteiger partial charge in [-0.25, -0.2) is 4.98 Å². The van der Waals surface area contributed by atoms with E-state index in [-0.39, 0.29) is 5.75 Å². The molecular weight excluding hydrogens is 227 g/mol. The van der Waals surface area contributed by atoms with Crippen LogP contribution in [-0.2, 0) is 0 Å².